The van der Waals surface area contributed by atoms with E-state index in [4.69, 9.17) is 0 Å². The molecule has 9 nitrogen and oxygen atoms in total. The molecule has 27 aromatic rings. The average molecular weight is 1570 g/mol. The van der Waals surface area contributed by atoms with Crippen LogP contribution in [-0.2, 0) is 35.2 Å². The van der Waals surface area contributed by atoms with Gasteiger partial charge in [0, 0.05) is 199 Å². The number of para-hydroxylation sites is 14. The van der Waals surface area contributed by atoms with Gasteiger partial charge in [-0.3, -0.25) is 0 Å². The number of fused-ring (bicyclic) bond motifs is 30. The molecular formula is C113H83N9. The Labute approximate surface area is 703 Å². The molecule has 0 amide bonds. The van der Waals surface area contributed by atoms with Gasteiger partial charge in [0.2, 0.25) is 0 Å². The van der Waals surface area contributed by atoms with Gasteiger partial charge in [-0.05, 0) is 140 Å². The van der Waals surface area contributed by atoms with Gasteiger partial charge < -0.3 is 41.1 Å². The molecule has 0 atom stereocenters. The van der Waals surface area contributed by atoms with Crippen molar-refractivity contribution in [2.24, 2.45) is 35.2 Å². The third kappa shape index (κ3) is 11.0. The third-order valence-electron chi connectivity index (χ3n) is 25.7. The molecule has 9 heteroatoms. The fraction of sp³-hybridized carbons (Fsp3) is 0.0442. The van der Waals surface area contributed by atoms with Gasteiger partial charge in [0.1, 0.15) is 0 Å². The highest BCUT2D eigenvalue weighted by Crippen LogP contribution is 2.46. The summed E-state index contributed by atoms with van der Waals surface area (Å²) in [7, 11) is 10.8. The number of aryl methyl sites for hydroxylation is 5. The Hall–Kier alpha value is -15.8. The zero-order valence-electron chi connectivity index (χ0n) is 68.3. The van der Waals surface area contributed by atoms with Crippen molar-refractivity contribution >= 4 is 196 Å². The Morgan fingerprint density at radius 3 is 0.811 bits per heavy atom. The first-order valence-electron chi connectivity index (χ1n) is 42.0. The van der Waals surface area contributed by atoms with E-state index in [2.05, 4.69) is 489 Å². The number of rotatable bonds is 4. The summed E-state index contributed by atoms with van der Waals surface area (Å²) >= 11 is 0. The highest BCUT2D eigenvalue weighted by molar-refractivity contribution is 6.30. The summed E-state index contributed by atoms with van der Waals surface area (Å²) in [6.45, 7) is 0. The van der Waals surface area contributed by atoms with Gasteiger partial charge >= 0.3 is 0 Å². The van der Waals surface area contributed by atoms with E-state index in [1.54, 1.807) is 0 Å². The predicted molar refractivity (Wildman–Crippen MR) is 519 cm³/mol. The number of hydrogen-bond acceptors (Lipinski definition) is 0. The molecule has 9 aromatic heterocycles. The van der Waals surface area contributed by atoms with Crippen LogP contribution >= 0.6 is 0 Å². The average Bonchev–Trinajstić information content (AvgIpc) is 1.57. The van der Waals surface area contributed by atoms with Crippen molar-refractivity contribution in [3.63, 3.8) is 0 Å². The van der Waals surface area contributed by atoms with Crippen LogP contribution in [0.2, 0.25) is 0 Å². The lowest BCUT2D eigenvalue weighted by Gasteiger charge is -2.09. The van der Waals surface area contributed by atoms with E-state index < -0.39 is 0 Å². The van der Waals surface area contributed by atoms with Gasteiger partial charge in [-0.1, -0.05) is 273 Å². The molecule has 0 saturated carbocycles. The zero-order chi connectivity index (χ0) is 81.4. The normalized spacial score (nSPS) is 11.8. The van der Waals surface area contributed by atoms with Crippen molar-refractivity contribution < 1.29 is 0 Å². The summed E-state index contributed by atoms with van der Waals surface area (Å²) in [4.78, 5) is 0. The smallest absolute Gasteiger partial charge is 0.0785 e. The Morgan fingerprint density at radius 2 is 0.352 bits per heavy atom. The first-order valence-corrected chi connectivity index (χ1v) is 42.0. The van der Waals surface area contributed by atoms with E-state index >= 15 is 0 Å². The van der Waals surface area contributed by atoms with Crippen molar-refractivity contribution in [3.05, 3.63) is 413 Å². The summed E-state index contributed by atoms with van der Waals surface area (Å²) in [5.41, 5.74) is 27.7. The summed E-state index contributed by atoms with van der Waals surface area (Å²) in [5, 5.41) is 23.6. The second kappa shape index (κ2) is 28.8. The van der Waals surface area contributed by atoms with Crippen LogP contribution in [0, 0.1) is 0 Å². The van der Waals surface area contributed by atoms with E-state index in [9.17, 15) is 0 Å². The SMILES string of the molecule is Cn1c2ccccc2c2c1ccc1c3ccccc3n(-c3ccccc3)c12.Cn1c2ccccc2c2c3c4ccccc4n(-c4ccccc4)c3ccc21.Cn1c2ccccc2c2cc3c(cc21)c1ccccc1n3-c1ccccc1.Cn1c2ccccc2c2ccc3c4ccccc4n(-c4ccccc4)c3c21.Cn1c2ccccc2c2ccccc21. The number of hydrogen-bond donors (Lipinski definition) is 0. The van der Waals surface area contributed by atoms with E-state index in [1.165, 1.54) is 219 Å². The lowest BCUT2D eigenvalue weighted by Crippen LogP contribution is -1.96. The second-order valence-electron chi connectivity index (χ2n) is 32.1. The largest absolute Gasteiger partial charge is 0.344 e. The third-order valence-corrected chi connectivity index (χ3v) is 25.7. The van der Waals surface area contributed by atoms with Gasteiger partial charge in [-0.25, -0.2) is 0 Å². The molecule has 0 aliphatic heterocycles. The maximum absolute atomic E-state index is 2.42. The van der Waals surface area contributed by atoms with Crippen LogP contribution in [0.15, 0.2) is 413 Å². The van der Waals surface area contributed by atoms with Crippen LogP contribution in [0.1, 0.15) is 0 Å². The zero-order valence-corrected chi connectivity index (χ0v) is 68.3. The van der Waals surface area contributed by atoms with Crippen LogP contribution < -0.4 is 0 Å². The molecule has 0 aliphatic carbocycles. The summed E-state index contributed by atoms with van der Waals surface area (Å²) in [6.07, 6.45) is 0. The van der Waals surface area contributed by atoms with Crippen molar-refractivity contribution in [1.82, 2.24) is 41.1 Å². The minimum atomic E-state index is 1.20. The van der Waals surface area contributed by atoms with E-state index in [-0.39, 0.29) is 0 Å². The van der Waals surface area contributed by atoms with Gasteiger partial charge in [0.25, 0.3) is 0 Å². The Bertz CT molecular complexity index is 8680. The molecule has 9 heterocycles. The summed E-state index contributed by atoms with van der Waals surface area (Å²) < 4.78 is 21.1. The molecule has 0 unspecified atom stereocenters. The Kier molecular flexibility index (Phi) is 16.9. The van der Waals surface area contributed by atoms with Crippen molar-refractivity contribution in [2.45, 2.75) is 0 Å². The lowest BCUT2D eigenvalue weighted by molar-refractivity contribution is 1.01. The van der Waals surface area contributed by atoms with Crippen LogP contribution in [-0.4, -0.2) is 41.1 Å². The molecule has 0 spiro atoms. The monoisotopic (exact) mass is 1570 g/mol. The highest BCUT2D eigenvalue weighted by Gasteiger charge is 2.24. The number of nitrogens with zero attached hydrogens (tertiary/aromatic N) is 9. The lowest BCUT2D eigenvalue weighted by atomic mass is 10.1. The van der Waals surface area contributed by atoms with Gasteiger partial charge in [-0.2, -0.15) is 0 Å². The topological polar surface area (TPSA) is 44.4 Å². The van der Waals surface area contributed by atoms with E-state index in [0.717, 1.165) is 0 Å². The van der Waals surface area contributed by atoms with Crippen molar-refractivity contribution in [3.8, 4) is 22.7 Å². The van der Waals surface area contributed by atoms with E-state index in [0.29, 0.717) is 0 Å². The molecule has 580 valence electrons. The molecular weight excluding hydrogens is 1480 g/mol. The van der Waals surface area contributed by atoms with Crippen molar-refractivity contribution in [2.75, 3.05) is 0 Å². The predicted octanol–water partition coefficient (Wildman–Crippen LogP) is 29.0. The molecule has 122 heavy (non-hydrogen) atoms. The van der Waals surface area contributed by atoms with Crippen LogP contribution in [0.25, 0.3) is 219 Å². The maximum Gasteiger partial charge on any atom is 0.0785 e. The van der Waals surface area contributed by atoms with Gasteiger partial charge in [-0.15, -0.1) is 0 Å². The molecule has 0 radical (unpaired) electrons. The fourth-order valence-corrected chi connectivity index (χ4v) is 20.3. The van der Waals surface area contributed by atoms with Gasteiger partial charge in [0.15, 0.2) is 0 Å². The molecule has 18 aromatic carbocycles. The molecule has 0 fully saturated rings. The second-order valence-corrected chi connectivity index (χ2v) is 32.1. The Balaban J connectivity index is 0.0000000897. The minimum Gasteiger partial charge on any atom is -0.344 e. The maximum atomic E-state index is 2.42. The van der Waals surface area contributed by atoms with Gasteiger partial charge in [0.05, 0.1) is 55.2 Å². The number of benzene rings is 18. The Morgan fingerprint density at radius 1 is 0.123 bits per heavy atom. The molecule has 0 saturated heterocycles. The van der Waals surface area contributed by atoms with E-state index in [1.807, 2.05) is 0 Å². The summed E-state index contributed by atoms with van der Waals surface area (Å²) in [5.74, 6) is 0. The molecule has 0 N–H and O–H groups in total. The first kappa shape index (κ1) is 71.5. The summed E-state index contributed by atoms with van der Waals surface area (Å²) in [6, 6.07) is 148. The van der Waals surface area contributed by atoms with Crippen LogP contribution in [0.4, 0.5) is 0 Å². The first-order chi connectivity index (χ1) is 60.2. The van der Waals surface area contributed by atoms with Crippen LogP contribution in [0.5, 0.6) is 0 Å². The highest BCUT2D eigenvalue weighted by atomic mass is 15.0. The quantitative estimate of drug-likeness (QED) is 0.169. The molecule has 0 aliphatic rings. The number of aromatic nitrogens is 9. The standard InChI is InChI=1S/4C25H18N2.C13H11N/c1-26-21-13-7-6-12-20(21)24-23(26)16-15-19-18-11-5-8-14-22(18)27(25(19)24)17-9-3-2-4-10-17;1-26-22-13-7-5-11-18(22)20-16-25-21(15-24(20)26)19-12-6-8-14-23(19)27(25)17-9-3-2-4-10-17;1-26-22-13-7-5-11-18(22)20-15-16-21-19-12-6-8-14-23(19)27(25(21)24(20)26)17-9-3-2-4-10-17;1-26-20-13-7-5-11-18(20)24-22(26)15-16-23-25(24)19-12-6-8-14-21(19)27(23)17-9-3-2-4-10-17;1-14-12-8-4-2-6-10(12)11-7-3-5-9-13(11)14/h4*2-16H,1H3;2-9H,1H3. The minimum absolute atomic E-state index is 1.20. The van der Waals surface area contributed by atoms with Crippen LogP contribution in [0.3, 0.4) is 0 Å². The van der Waals surface area contributed by atoms with Crippen molar-refractivity contribution in [1.29, 1.82) is 0 Å². The fourth-order valence-electron chi connectivity index (χ4n) is 20.3. The molecule has 27 rings (SSSR count). The molecule has 0 bridgehead atoms.